The number of halogens is 1. The van der Waals surface area contributed by atoms with Crippen molar-refractivity contribution in [2.45, 2.75) is 19.9 Å². The number of nitrogens with zero attached hydrogens (tertiary/aromatic N) is 1. The molecule has 0 radical (unpaired) electrons. The van der Waals surface area contributed by atoms with Gasteiger partial charge in [-0.1, -0.05) is 42.0 Å². The van der Waals surface area contributed by atoms with Gasteiger partial charge in [0.2, 0.25) is 5.91 Å². The topological polar surface area (TPSA) is 32.3 Å². The van der Waals surface area contributed by atoms with Crippen molar-refractivity contribution in [3.8, 4) is 0 Å². The normalized spacial score (nSPS) is 12.2. The average Bonchev–Trinajstić information content (AvgIpc) is 2.49. The molecule has 0 aliphatic heterocycles. The Labute approximate surface area is 130 Å². The molecule has 2 aromatic rings. The Bertz CT molecular complexity index is 640. The summed E-state index contributed by atoms with van der Waals surface area (Å²) in [6.07, 6.45) is 0. The maximum Gasteiger partial charge on any atom is 0.238 e. The van der Waals surface area contributed by atoms with Crippen LogP contribution in [-0.4, -0.2) is 24.4 Å². The van der Waals surface area contributed by atoms with E-state index in [0.717, 1.165) is 5.56 Å². The number of nitrogens with one attached hydrogen (secondary N) is 1. The molecule has 0 aliphatic carbocycles. The van der Waals surface area contributed by atoms with E-state index in [2.05, 4.69) is 29.6 Å². The second-order valence-electron chi connectivity index (χ2n) is 5.53. The largest absolute Gasteiger partial charge is 0.322 e. The number of anilines is 1. The molecule has 0 heterocycles. The third kappa shape index (κ3) is 4.15. The number of rotatable bonds is 5. The minimum atomic E-state index is -0.426. The van der Waals surface area contributed by atoms with Crippen LogP contribution in [0.5, 0.6) is 0 Å². The third-order valence-electron chi connectivity index (χ3n) is 3.76. The summed E-state index contributed by atoms with van der Waals surface area (Å²) in [4.78, 5) is 14.0. The SMILES string of the molecule is Cc1ccc(C(C)N(C)CC(=O)Nc2ccccc2F)cc1. The summed E-state index contributed by atoms with van der Waals surface area (Å²) in [5.41, 5.74) is 2.56. The van der Waals surface area contributed by atoms with E-state index in [9.17, 15) is 9.18 Å². The first-order valence-electron chi connectivity index (χ1n) is 7.28. The van der Waals surface area contributed by atoms with Crippen LogP contribution < -0.4 is 5.32 Å². The van der Waals surface area contributed by atoms with E-state index in [1.807, 2.05) is 25.8 Å². The Morgan fingerprint density at radius 3 is 2.45 bits per heavy atom. The van der Waals surface area contributed by atoms with Gasteiger partial charge in [-0.15, -0.1) is 0 Å². The quantitative estimate of drug-likeness (QED) is 0.911. The lowest BCUT2D eigenvalue weighted by Crippen LogP contribution is -2.32. The first-order chi connectivity index (χ1) is 10.5. The molecule has 0 saturated heterocycles. The molecule has 0 saturated carbocycles. The zero-order valence-electron chi connectivity index (χ0n) is 13.1. The van der Waals surface area contributed by atoms with E-state index in [0.29, 0.717) is 0 Å². The van der Waals surface area contributed by atoms with Crippen LogP contribution in [0.15, 0.2) is 48.5 Å². The van der Waals surface area contributed by atoms with E-state index >= 15 is 0 Å². The van der Waals surface area contributed by atoms with Gasteiger partial charge in [0.15, 0.2) is 0 Å². The number of para-hydroxylation sites is 1. The number of aryl methyl sites for hydroxylation is 1. The molecular formula is C18H21FN2O. The molecule has 0 aromatic heterocycles. The molecule has 2 rings (SSSR count). The fourth-order valence-electron chi connectivity index (χ4n) is 2.22. The zero-order chi connectivity index (χ0) is 16.1. The van der Waals surface area contributed by atoms with Crippen molar-refractivity contribution in [1.29, 1.82) is 0 Å². The number of carbonyl (C=O) groups is 1. The van der Waals surface area contributed by atoms with Gasteiger partial charge in [0.05, 0.1) is 12.2 Å². The summed E-state index contributed by atoms with van der Waals surface area (Å²) in [5, 5.41) is 2.60. The maximum atomic E-state index is 13.5. The molecule has 1 amide bonds. The van der Waals surface area contributed by atoms with Gasteiger partial charge in [-0.3, -0.25) is 9.69 Å². The van der Waals surface area contributed by atoms with Crippen molar-refractivity contribution in [2.24, 2.45) is 0 Å². The molecule has 2 aromatic carbocycles. The molecule has 116 valence electrons. The molecule has 0 fully saturated rings. The second kappa shape index (κ2) is 7.18. The lowest BCUT2D eigenvalue weighted by atomic mass is 10.1. The number of hydrogen-bond acceptors (Lipinski definition) is 2. The monoisotopic (exact) mass is 300 g/mol. The van der Waals surface area contributed by atoms with Crippen molar-refractivity contribution >= 4 is 11.6 Å². The van der Waals surface area contributed by atoms with Crippen LogP contribution in [-0.2, 0) is 4.79 Å². The predicted octanol–water partition coefficient (Wildman–Crippen LogP) is 3.77. The van der Waals surface area contributed by atoms with Crippen LogP contribution in [0, 0.1) is 12.7 Å². The summed E-state index contributed by atoms with van der Waals surface area (Å²) in [6, 6.07) is 14.5. The number of amides is 1. The molecule has 0 bridgehead atoms. The molecule has 3 nitrogen and oxygen atoms in total. The zero-order valence-corrected chi connectivity index (χ0v) is 13.1. The van der Waals surface area contributed by atoms with Gasteiger partial charge >= 0.3 is 0 Å². The maximum absolute atomic E-state index is 13.5. The van der Waals surface area contributed by atoms with Gasteiger partial charge in [-0.2, -0.15) is 0 Å². The van der Waals surface area contributed by atoms with E-state index < -0.39 is 5.82 Å². The van der Waals surface area contributed by atoms with Crippen LogP contribution >= 0.6 is 0 Å². The van der Waals surface area contributed by atoms with E-state index in [4.69, 9.17) is 0 Å². The fourth-order valence-corrected chi connectivity index (χ4v) is 2.22. The summed E-state index contributed by atoms with van der Waals surface area (Å²) < 4.78 is 13.5. The van der Waals surface area contributed by atoms with Crippen molar-refractivity contribution in [1.82, 2.24) is 4.90 Å². The highest BCUT2D eigenvalue weighted by molar-refractivity contribution is 5.92. The lowest BCUT2D eigenvalue weighted by Gasteiger charge is -2.24. The second-order valence-corrected chi connectivity index (χ2v) is 5.53. The van der Waals surface area contributed by atoms with Crippen molar-refractivity contribution in [3.63, 3.8) is 0 Å². The van der Waals surface area contributed by atoms with Crippen molar-refractivity contribution < 1.29 is 9.18 Å². The first kappa shape index (κ1) is 16.2. The Hall–Kier alpha value is -2.20. The fraction of sp³-hybridized carbons (Fsp3) is 0.278. The molecule has 1 atom stereocenters. The number of carbonyl (C=O) groups excluding carboxylic acids is 1. The van der Waals surface area contributed by atoms with Gasteiger partial charge in [-0.25, -0.2) is 4.39 Å². The van der Waals surface area contributed by atoms with Crippen molar-refractivity contribution in [3.05, 3.63) is 65.5 Å². The lowest BCUT2D eigenvalue weighted by molar-refractivity contribution is -0.117. The molecule has 0 spiro atoms. The molecule has 0 aliphatic rings. The first-order valence-corrected chi connectivity index (χ1v) is 7.28. The summed E-state index contributed by atoms with van der Waals surface area (Å²) in [7, 11) is 1.88. The van der Waals surface area contributed by atoms with E-state index in [1.165, 1.54) is 11.6 Å². The average molecular weight is 300 g/mol. The highest BCUT2D eigenvalue weighted by atomic mass is 19.1. The van der Waals surface area contributed by atoms with Crippen LogP contribution in [0.4, 0.5) is 10.1 Å². The van der Waals surface area contributed by atoms with Crippen LogP contribution in [0.2, 0.25) is 0 Å². The predicted molar refractivity (Wildman–Crippen MR) is 87.3 cm³/mol. The molecule has 1 unspecified atom stereocenters. The number of benzene rings is 2. The van der Waals surface area contributed by atoms with Crippen LogP contribution in [0.3, 0.4) is 0 Å². The summed E-state index contributed by atoms with van der Waals surface area (Å²) in [6.45, 7) is 4.28. The van der Waals surface area contributed by atoms with Crippen molar-refractivity contribution in [2.75, 3.05) is 18.9 Å². The Morgan fingerprint density at radius 2 is 1.82 bits per heavy atom. The van der Waals surface area contributed by atoms with Crippen LogP contribution in [0.1, 0.15) is 24.1 Å². The Kier molecular flexibility index (Phi) is 5.28. The minimum absolute atomic E-state index is 0.104. The van der Waals surface area contributed by atoms with Gasteiger partial charge in [0, 0.05) is 6.04 Å². The van der Waals surface area contributed by atoms with E-state index in [-0.39, 0.29) is 24.2 Å². The highest BCUT2D eigenvalue weighted by Gasteiger charge is 2.15. The smallest absolute Gasteiger partial charge is 0.238 e. The standard InChI is InChI=1S/C18H21FN2O/c1-13-8-10-15(11-9-13)14(2)21(3)12-18(22)20-17-7-5-4-6-16(17)19/h4-11,14H,12H2,1-3H3,(H,20,22). The van der Waals surface area contributed by atoms with Gasteiger partial charge in [-0.05, 0) is 38.6 Å². The summed E-state index contributed by atoms with van der Waals surface area (Å²) >= 11 is 0. The van der Waals surface area contributed by atoms with Gasteiger partial charge < -0.3 is 5.32 Å². The molecule has 1 N–H and O–H groups in total. The number of likely N-dealkylation sites (N-methyl/N-ethyl adjacent to an activating group) is 1. The molecule has 4 heteroatoms. The van der Waals surface area contributed by atoms with Crippen LogP contribution in [0.25, 0.3) is 0 Å². The highest BCUT2D eigenvalue weighted by Crippen LogP contribution is 2.19. The van der Waals surface area contributed by atoms with Gasteiger partial charge in [0.25, 0.3) is 0 Å². The number of hydrogen-bond donors (Lipinski definition) is 1. The summed E-state index contributed by atoms with van der Waals surface area (Å²) in [5.74, 6) is -0.656. The van der Waals surface area contributed by atoms with E-state index in [1.54, 1.807) is 18.2 Å². The Morgan fingerprint density at radius 1 is 1.18 bits per heavy atom. The molecule has 22 heavy (non-hydrogen) atoms. The van der Waals surface area contributed by atoms with Gasteiger partial charge in [0.1, 0.15) is 5.82 Å². The Balaban J connectivity index is 1.96. The third-order valence-corrected chi connectivity index (χ3v) is 3.76. The molecular weight excluding hydrogens is 279 g/mol. The minimum Gasteiger partial charge on any atom is -0.322 e.